The first-order chi connectivity index (χ1) is 3.31. The molecular weight excluding hydrogens is 88.1 g/mol. The van der Waals surface area contributed by atoms with Crippen LogP contribution in [0, 0.1) is 6.61 Å². The molecule has 1 radical (unpaired) electrons. The monoisotopic (exact) mass is 101 g/mol. The van der Waals surface area contributed by atoms with Gasteiger partial charge in [-0.1, -0.05) is 6.92 Å². The van der Waals surface area contributed by atoms with E-state index >= 15 is 0 Å². The average Bonchev–Trinajstić information content (AvgIpc) is 1.68. The molecule has 1 nitrogen and oxygen atoms in total. The van der Waals surface area contributed by atoms with Gasteiger partial charge in [0.25, 0.3) is 0 Å². The van der Waals surface area contributed by atoms with Crippen LogP contribution in [0.5, 0.6) is 0 Å². The zero-order valence-corrected chi connectivity index (χ0v) is 5.27. The smallest absolute Gasteiger partial charge is 0.0809 e. The van der Waals surface area contributed by atoms with Crippen molar-refractivity contribution in [2.24, 2.45) is 0 Å². The van der Waals surface area contributed by atoms with Crippen LogP contribution in [0.25, 0.3) is 0 Å². The molecule has 0 aromatic rings. The van der Waals surface area contributed by atoms with Crippen LogP contribution in [0.2, 0.25) is 0 Å². The van der Waals surface area contributed by atoms with Crippen LogP contribution in [0.15, 0.2) is 0 Å². The summed E-state index contributed by atoms with van der Waals surface area (Å²) >= 11 is 0. The Kier molecular flexibility index (Phi) is 4.10. The summed E-state index contributed by atoms with van der Waals surface area (Å²) in [6, 6.07) is 0. The lowest BCUT2D eigenvalue weighted by Gasteiger charge is -2.05. The molecule has 1 heteroatoms. The highest BCUT2D eigenvalue weighted by molar-refractivity contribution is 4.46. The zero-order chi connectivity index (χ0) is 5.70. The summed E-state index contributed by atoms with van der Waals surface area (Å²) in [7, 11) is 0. The van der Waals surface area contributed by atoms with Crippen LogP contribution >= 0.6 is 0 Å². The molecule has 0 rings (SSSR count). The highest BCUT2D eigenvalue weighted by Crippen LogP contribution is 1.95. The topological polar surface area (TPSA) is 9.23 Å². The Morgan fingerprint density at radius 2 is 2.29 bits per heavy atom. The molecule has 0 fully saturated rings. The summed E-state index contributed by atoms with van der Waals surface area (Å²) in [6.07, 6.45) is 1.48. The minimum Gasteiger partial charge on any atom is -0.373 e. The molecule has 43 valence electrons. The molecule has 0 saturated heterocycles. The quantitative estimate of drug-likeness (QED) is 0.528. The number of ether oxygens (including phenoxy) is 1. The summed E-state index contributed by atoms with van der Waals surface area (Å²) in [6.45, 7) is 7.79. The zero-order valence-electron chi connectivity index (χ0n) is 5.27. The molecular formula is C6H13O. The van der Waals surface area contributed by atoms with E-state index in [2.05, 4.69) is 13.8 Å². The van der Waals surface area contributed by atoms with Gasteiger partial charge in [0.15, 0.2) is 0 Å². The summed E-state index contributed by atoms with van der Waals surface area (Å²) in [5, 5.41) is 0. The Balaban J connectivity index is 2.83. The van der Waals surface area contributed by atoms with Gasteiger partial charge in [-0.3, -0.25) is 0 Å². The van der Waals surface area contributed by atoms with Gasteiger partial charge in [0, 0.05) is 0 Å². The number of rotatable bonds is 3. The van der Waals surface area contributed by atoms with Crippen LogP contribution in [-0.2, 0) is 4.74 Å². The van der Waals surface area contributed by atoms with Gasteiger partial charge in [-0.2, -0.15) is 0 Å². The molecule has 0 saturated carbocycles. The lowest BCUT2D eigenvalue weighted by molar-refractivity contribution is 0.121. The lowest BCUT2D eigenvalue weighted by atomic mass is 10.3. The third-order valence-electron chi connectivity index (χ3n) is 0.943. The molecule has 7 heavy (non-hydrogen) atoms. The van der Waals surface area contributed by atoms with Gasteiger partial charge >= 0.3 is 0 Å². The molecule has 0 aromatic heterocycles. The molecule has 0 amide bonds. The largest absolute Gasteiger partial charge is 0.373 e. The minimum absolute atomic E-state index is 0.394. The van der Waals surface area contributed by atoms with Gasteiger partial charge < -0.3 is 4.74 Å². The fourth-order valence-corrected chi connectivity index (χ4v) is 0.329. The van der Waals surface area contributed by atoms with E-state index in [-0.39, 0.29) is 0 Å². The number of hydrogen-bond acceptors (Lipinski definition) is 1. The van der Waals surface area contributed by atoms with Crippen LogP contribution < -0.4 is 0 Å². The van der Waals surface area contributed by atoms with E-state index in [9.17, 15) is 0 Å². The minimum atomic E-state index is 0.394. The van der Waals surface area contributed by atoms with Crippen molar-refractivity contribution in [3.05, 3.63) is 6.61 Å². The molecule has 0 spiro atoms. The van der Waals surface area contributed by atoms with Crippen LogP contribution in [0.4, 0.5) is 0 Å². The highest BCUT2D eigenvalue weighted by Gasteiger charge is 1.92. The van der Waals surface area contributed by atoms with E-state index in [0.29, 0.717) is 6.10 Å². The third kappa shape index (κ3) is 3.80. The molecule has 0 aliphatic heterocycles. The Hall–Kier alpha value is -0.0400. The van der Waals surface area contributed by atoms with E-state index in [1.54, 1.807) is 6.61 Å². The maximum absolute atomic E-state index is 5.07. The van der Waals surface area contributed by atoms with Crippen LogP contribution in [0.3, 0.4) is 0 Å². The summed E-state index contributed by atoms with van der Waals surface area (Å²) in [4.78, 5) is 0. The first kappa shape index (κ1) is 6.96. The second-order valence-corrected chi connectivity index (χ2v) is 1.59. The van der Waals surface area contributed by atoms with Crippen LogP contribution in [-0.4, -0.2) is 6.10 Å². The normalized spacial score (nSPS) is 14.1. The van der Waals surface area contributed by atoms with Crippen molar-refractivity contribution >= 4 is 0 Å². The maximum atomic E-state index is 5.07. The SMILES string of the molecule is C[CH]OC(C)CC. The summed E-state index contributed by atoms with van der Waals surface area (Å²) in [5.74, 6) is 0. The van der Waals surface area contributed by atoms with E-state index < -0.39 is 0 Å². The first-order valence-electron chi connectivity index (χ1n) is 2.74. The average molecular weight is 101 g/mol. The second kappa shape index (κ2) is 4.13. The van der Waals surface area contributed by atoms with Gasteiger partial charge in [-0.05, 0) is 20.3 Å². The lowest BCUT2D eigenvalue weighted by Crippen LogP contribution is -2.01. The fraction of sp³-hybridized carbons (Fsp3) is 0.833. The highest BCUT2D eigenvalue weighted by atomic mass is 16.5. The van der Waals surface area contributed by atoms with E-state index in [1.165, 1.54) is 0 Å². The van der Waals surface area contributed by atoms with Gasteiger partial charge in [0.1, 0.15) is 0 Å². The van der Waals surface area contributed by atoms with Gasteiger partial charge in [0.2, 0.25) is 0 Å². The Bertz CT molecular complexity index is 35.2. The molecule has 0 bridgehead atoms. The predicted octanol–water partition coefficient (Wildman–Crippen LogP) is 1.98. The molecule has 0 N–H and O–H groups in total. The maximum Gasteiger partial charge on any atom is 0.0809 e. The van der Waals surface area contributed by atoms with Gasteiger partial charge in [-0.15, -0.1) is 0 Å². The Morgan fingerprint density at radius 3 is 2.43 bits per heavy atom. The van der Waals surface area contributed by atoms with Gasteiger partial charge in [-0.25, -0.2) is 0 Å². The molecule has 1 atom stereocenters. The fourth-order valence-electron chi connectivity index (χ4n) is 0.329. The van der Waals surface area contributed by atoms with Crippen molar-refractivity contribution in [2.45, 2.75) is 33.3 Å². The van der Waals surface area contributed by atoms with Crippen molar-refractivity contribution in [3.63, 3.8) is 0 Å². The van der Waals surface area contributed by atoms with Crippen molar-refractivity contribution in [1.82, 2.24) is 0 Å². The van der Waals surface area contributed by atoms with E-state index in [4.69, 9.17) is 4.74 Å². The van der Waals surface area contributed by atoms with Crippen molar-refractivity contribution in [1.29, 1.82) is 0 Å². The van der Waals surface area contributed by atoms with E-state index in [1.807, 2.05) is 6.92 Å². The van der Waals surface area contributed by atoms with Crippen molar-refractivity contribution < 1.29 is 4.74 Å². The van der Waals surface area contributed by atoms with Crippen molar-refractivity contribution in [3.8, 4) is 0 Å². The molecule has 0 heterocycles. The van der Waals surface area contributed by atoms with E-state index in [0.717, 1.165) is 6.42 Å². The Labute approximate surface area is 45.7 Å². The van der Waals surface area contributed by atoms with Crippen LogP contribution in [0.1, 0.15) is 27.2 Å². The standard InChI is InChI=1S/C6H13O/c1-4-6(3)7-5-2/h5-6H,4H2,1-3H3. The predicted molar refractivity (Wildman–Crippen MR) is 30.8 cm³/mol. The molecule has 0 aliphatic carbocycles. The Morgan fingerprint density at radius 1 is 1.71 bits per heavy atom. The third-order valence-corrected chi connectivity index (χ3v) is 0.943. The molecule has 0 aromatic carbocycles. The number of hydrogen-bond donors (Lipinski definition) is 0. The second-order valence-electron chi connectivity index (χ2n) is 1.59. The summed E-state index contributed by atoms with van der Waals surface area (Å²) in [5.41, 5.74) is 0. The first-order valence-corrected chi connectivity index (χ1v) is 2.74. The van der Waals surface area contributed by atoms with Gasteiger partial charge in [0.05, 0.1) is 12.7 Å². The summed E-state index contributed by atoms with van der Waals surface area (Å²) < 4.78 is 5.07. The van der Waals surface area contributed by atoms with Crippen molar-refractivity contribution in [2.75, 3.05) is 0 Å². The molecule has 0 aliphatic rings. The molecule has 1 unspecified atom stereocenters.